The average Bonchev–Trinajstić information content (AvgIpc) is 2.63. The fourth-order valence-electron chi connectivity index (χ4n) is 3.33. The number of fused-ring (bicyclic) bond motifs is 1. The number of ether oxygens (including phenoxy) is 3. The molecule has 0 aliphatic carbocycles. The van der Waals surface area contributed by atoms with Crippen molar-refractivity contribution in [2.24, 2.45) is 5.92 Å². The predicted octanol–water partition coefficient (Wildman–Crippen LogP) is 2.54. The van der Waals surface area contributed by atoms with Gasteiger partial charge in [0.2, 0.25) is 5.91 Å². The van der Waals surface area contributed by atoms with Crippen LogP contribution in [0.4, 0.5) is 0 Å². The maximum Gasteiger partial charge on any atom is 0.229 e. The number of amides is 1. The summed E-state index contributed by atoms with van der Waals surface area (Å²) in [5.74, 6) is 2.37. The molecule has 5 heteroatoms. The summed E-state index contributed by atoms with van der Waals surface area (Å²) in [4.78, 5) is 14.5. The SMILES string of the molecule is COc1ccccc1OC1CN(C(=O)[C@@H]2COc3ccccc3C2)C1. The maximum absolute atomic E-state index is 12.7. The van der Waals surface area contributed by atoms with Crippen LogP contribution in [-0.4, -0.2) is 43.7 Å². The molecule has 1 atom stereocenters. The van der Waals surface area contributed by atoms with Crippen LogP contribution in [0.1, 0.15) is 5.56 Å². The monoisotopic (exact) mass is 339 g/mol. The molecule has 0 aromatic heterocycles. The van der Waals surface area contributed by atoms with E-state index in [0.717, 1.165) is 23.5 Å². The van der Waals surface area contributed by atoms with Crippen LogP contribution in [0.5, 0.6) is 17.2 Å². The van der Waals surface area contributed by atoms with Gasteiger partial charge < -0.3 is 19.1 Å². The molecule has 1 saturated heterocycles. The van der Waals surface area contributed by atoms with Crippen molar-refractivity contribution in [3.05, 3.63) is 54.1 Å². The van der Waals surface area contributed by atoms with Gasteiger partial charge in [0, 0.05) is 0 Å². The van der Waals surface area contributed by atoms with Gasteiger partial charge >= 0.3 is 0 Å². The largest absolute Gasteiger partial charge is 0.493 e. The fourth-order valence-corrected chi connectivity index (χ4v) is 3.33. The highest BCUT2D eigenvalue weighted by Crippen LogP contribution is 2.31. The topological polar surface area (TPSA) is 48.0 Å². The minimum atomic E-state index is -0.109. The Morgan fingerprint density at radius 2 is 1.80 bits per heavy atom. The van der Waals surface area contributed by atoms with Gasteiger partial charge in [-0.25, -0.2) is 0 Å². The Morgan fingerprint density at radius 1 is 1.08 bits per heavy atom. The average molecular weight is 339 g/mol. The van der Waals surface area contributed by atoms with Crippen molar-refractivity contribution in [2.45, 2.75) is 12.5 Å². The number of para-hydroxylation sites is 3. The minimum Gasteiger partial charge on any atom is -0.493 e. The summed E-state index contributed by atoms with van der Waals surface area (Å²) in [6, 6.07) is 15.5. The predicted molar refractivity (Wildman–Crippen MR) is 93.1 cm³/mol. The van der Waals surface area contributed by atoms with Crippen LogP contribution in [0.15, 0.2) is 48.5 Å². The molecule has 0 unspecified atom stereocenters. The van der Waals surface area contributed by atoms with Crippen LogP contribution in [0.3, 0.4) is 0 Å². The Balaban J connectivity index is 1.33. The van der Waals surface area contributed by atoms with Gasteiger partial charge in [-0.2, -0.15) is 0 Å². The lowest BCUT2D eigenvalue weighted by Gasteiger charge is -2.41. The molecule has 4 rings (SSSR count). The molecule has 0 radical (unpaired) electrons. The second-order valence-electron chi connectivity index (χ2n) is 6.45. The third kappa shape index (κ3) is 3.14. The van der Waals surface area contributed by atoms with Gasteiger partial charge in [0.25, 0.3) is 0 Å². The van der Waals surface area contributed by atoms with E-state index in [1.165, 1.54) is 0 Å². The number of likely N-dealkylation sites (tertiary alicyclic amines) is 1. The van der Waals surface area contributed by atoms with Crippen LogP contribution in [0.2, 0.25) is 0 Å². The lowest BCUT2D eigenvalue weighted by molar-refractivity contribution is -0.145. The van der Waals surface area contributed by atoms with Crippen LogP contribution in [0, 0.1) is 5.92 Å². The van der Waals surface area contributed by atoms with Crippen LogP contribution in [-0.2, 0) is 11.2 Å². The lowest BCUT2D eigenvalue weighted by Crippen LogP contribution is -2.58. The molecule has 2 aromatic rings. The number of methoxy groups -OCH3 is 1. The fraction of sp³-hybridized carbons (Fsp3) is 0.350. The van der Waals surface area contributed by atoms with Gasteiger partial charge in [-0.05, 0) is 30.2 Å². The van der Waals surface area contributed by atoms with Gasteiger partial charge in [-0.3, -0.25) is 4.79 Å². The summed E-state index contributed by atoms with van der Waals surface area (Å²) in [5.41, 5.74) is 1.11. The number of nitrogens with zero attached hydrogens (tertiary/aromatic N) is 1. The smallest absolute Gasteiger partial charge is 0.229 e. The Morgan fingerprint density at radius 3 is 2.60 bits per heavy atom. The molecule has 5 nitrogen and oxygen atoms in total. The van der Waals surface area contributed by atoms with Crippen LogP contribution >= 0.6 is 0 Å². The van der Waals surface area contributed by atoms with E-state index in [-0.39, 0.29) is 17.9 Å². The third-order valence-electron chi connectivity index (χ3n) is 4.75. The van der Waals surface area contributed by atoms with E-state index in [1.807, 2.05) is 53.4 Å². The van der Waals surface area contributed by atoms with Crippen molar-refractivity contribution in [3.8, 4) is 17.2 Å². The molecule has 2 aliphatic rings. The summed E-state index contributed by atoms with van der Waals surface area (Å²) in [5, 5.41) is 0. The number of benzene rings is 2. The zero-order valence-electron chi connectivity index (χ0n) is 14.2. The molecule has 1 fully saturated rings. The van der Waals surface area contributed by atoms with E-state index in [1.54, 1.807) is 7.11 Å². The highest BCUT2D eigenvalue weighted by atomic mass is 16.5. The first-order valence-corrected chi connectivity index (χ1v) is 8.54. The number of hydrogen-bond acceptors (Lipinski definition) is 4. The Hall–Kier alpha value is -2.69. The van der Waals surface area contributed by atoms with Crippen molar-refractivity contribution < 1.29 is 19.0 Å². The number of rotatable bonds is 4. The Labute approximate surface area is 147 Å². The molecular weight excluding hydrogens is 318 g/mol. The molecule has 0 saturated carbocycles. The molecule has 25 heavy (non-hydrogen) atoms. The number of hydrogen-bond donors (Lipinski definition) is 0. The summed E-state index contributed by atoms with van der Waals surface area (Å²) >= 11 is 0. The summed E-state index contributed by atoms with van der Waals surface area (Å²) < 4.78 is 17.0. The van der Waals surface area contributed by atoms with Gasteiger partial charge in [0.15, 0.2) is 11.5 Å². The van der Waals surface area contributed by atoms with Crippen molar-refractivity contribution in [2.75, 3.05) is 26.8 Å². The zero-order valence-corrected chi connectivity index (χ0v) is 14.2. The Kier molecular flexibility index (Phi) is 4.22. The standard InChI is InChI=1S/C20H21NO4/c1-23-18-8-4-5-9-19(18)25-16-11-21(12-16)20(22)15-10-14-6-2-3-7-17(14)24-13-15/h2-9,15-16H,10-13H2,1H3/t15-/m0/s1. The number of carbonyl (C=O) groups excluding carboxylic acids is 1. The highest BCUT2D eigenvalue weighted by Gasteiger charge is 2.37. The maximum atomic E-state index is 12.7. The molecule has 2 aromatic carbocycles. The molecule has 2 heterocycles. The summed E-state index contributed by atoms with van der Waals surface area (Å²) in [6.45, 7) is 1.66. The molecule has 0 spiro atoms. The van der Waals surface area contributed by atoms with Gasteiger partial charge in [0.05, 0.1) is 26.1 Å². The molecule has 130 valence electrons. The minimum absolute atomic E-state index is 0.0112. The van der Waals surface area contributed by atoms with Crippen molar-refractivity contribution in [1.82, 2.24) is 4.90 Å². The van der Waals surface area contributed by atoms with Gasteiger partial charge in [0.1, 0.15) is 18.5 Å². The van der Waals surface area contributed by atoms with E-state index >= 15 is 0 Å². The van der Waals surface area contributed by atoms with Crippen molar-refractivity contribution >= 4 is 5.91 Å². The summed E-state index contributed by atoms with van der Waals surface area (Å²) in [6.07, 6.45) is 0.751. The van der Waals surface area contributed by atoms with E-state index in [2.05, 4.69) is 0 Å². The van der Waals surface area contributed by atoms with E-state index < -0.39 is 0 Å². The van der Waals surface area contributed by atoms with E-state index in [0.29, 0.717) is 25.4 Å². The van der Waals surface area contributed by atoms with Crippen LogP contribution < -0.4 is 14.2 Å². The molecule has 1 amide bonds. The second kappa shape index (κ2) is 6.67. The first-order valence-electron chi connectivity index (χ1n) is 8.54. The van der Waals surface area contributed by atoms with Crippen molar-refractivity contribution in [3.63, 3.8) is 0 Å². The van der Waals surface area contributed by atoms with Gasteiger partial charge in [-0.1, -0.05) is 30.3 Å². The van der Waals surface area contributed by atoms with E-state index in [4.69, 9.17) is 14.2 Å². The zero-order chi connectivity index (χ0) is 17.2. The van der Waals surface area contributed by atoms with Crippen molar-refractivity contribution in [1.29, 1.82) is 0 Å². The molecule has 2 aliphatic heterocycles. The third-order valence-corrected chi connectivity index (χ3v) is 4.75. The van der Waals surface area contributed by atoms with E-state index in [9.17, 15) is 4.79 Å². The first kappa shape index (κ1) is 15.8. The lowest BCUT2D eigenvalue weighted by atomic mass is 9.94. The van der Waals surface area contributed by atoms with Crippen LogP contribution in [0.25, 0.3) is 0 Å². The first-order chi connectivity index (χ1) is 12.2. The number of carbonyl (C=O) groups is 1. The molecular formula is C20H21NO4. The summed E-state index contributed by atoms with van der Waals surface area (Å²) in [7, 11) is 1.62. The highest BCUT2D eigenvalue weighted by molar-refractivity contribution is 5.80. The second-order valence-corrected chi connectivity index (χ2v) is 6.45. The molecule has 0 N–H and O–H groups in total. The van der Waals surface area contributed by atoms with Gasteiger partial charge in [-0.15, -0.1) is 0 Å². The molecule has 0 bridgehead atoms. The quantitative estimate of drug-likeness (QED) is 0.859. The normalized spacial score (nSPS) is 19.4. The Bertz CT molecular complexity index is 770.